The van der Waals surface area contributed by atoms with Crippen molar-refractivity contribution in [3.63, 3.8) is 0 Å². The Morgan fingerprint density at radius 1 is 1.15 bits per heavy atom. The second kappa shape index (κ2) is 7.88. The van der Waals surface area contributed by atoms with E-state index in [9.17, 15) is 9.59 Å². The van der Waals surface area contributed by atoms with Crippen molar-refractivity contribution >= 4 is 28.5 Å². The van der Waals surface area contributed by atoms with E-state index in [4.69, 9.17) is 14.6 Å². The van der Waals surface area contributed by atoms with Gasteiger partial charge in [0.05, 0.1) is 44.7 Å². The molecule has 0 radical (unpaired) electrons. The minimum Gasteiger partial charge on any atom is -0.465 e. The van der Waals surface area contributed by atoms with Crippen LogP contribution < -0.4 is 4.90 Å². The summed E-state index contributed by atoms with van der Waals surface area (Å²) in [7, 11) is 2.51. The lowest BCUT2D eigenvalue weighted by atomic mass is 10.1. The Morgan fingerprint density at radius 2 is 1.93 bits per heavy atom. The molecule has 0 saturated heterocycles. The van der Waals surface area contributed by atoms with E-state index in [2.05, 4.69) is 5.10 Å². The molecule has 1 N–H and O–H groups in total. The lowest BCUT2D eigenvalue weighted by Crippen LogP contribution is -2.26. The molecular weight excluding hydrogens is 350 g/mol. The number of nitrogens with zero attached hydrogens (tertiary/aromatic N) is 3. The molecule has 0 bridgehead atoms. The van der Waals surface area contributed by atoms with Gasteiger partial charge in [0.1, 0.15) is 5.70 Å². The minimum atomic E-state index is -0.664. The van der Waals surface area contributed by atoms with Gasteiger partial charge in [0.25, 0.3) is 0 Å². The number of carbonyl (C=O) groups is 2. The van der Waals surface area contributed by atoms with Crippen LogP contribution in [-0.2, 0) is 25.6 Å². The van der Waals surface area contributed by atoms with E-state index >= 15 is 0 Å². The fourth-order valence-corrected chi connectivity index (χ4v) is 2.86. The van der Waals surface area contributed by atoms with Gasteiger partial charge in [-0.1, -0.05) is 6.08 Å². The molecule has 1 aliphatic rings. The number of ether oxygens (including phenoxy) is 2. The predicted octanol–water partition coefficient (Wildman–Crippen LogP) is 1.52. The second-order valence-corrected chi connectivity index (χ2v) is 5.65. The Labute approximate surface area is 155 Å². The Balaban J connectivity index is 2.13. The smallest absolute Gasteiger partial charge is 0.355 e. The number of hydrogen-bond donors (Lipinski definition) is 1. The number of fused-ring (bicyclic) bond motifs is 1. The predicted molar refractivity (Wildman–Crippen MR) is 98.6 cm³/mol. The van der Waals surface area contributed by atoms with E-state index in [-0.39, 0.29) is 17.9 Å². The van der Waals surface area contributed by atoms with E-state index in [1.165, 1.54) is 20.3 Å². The van der Waals surface area contributed by atoms with Gasteiger partial charge in [-0.2, -0.15) is 5.10 Å². The summed E-state index contributed by atoms with van der Waals surface area (Å²) in [5.41, 5.74) is 1.64. The first kappa shape index (κ1) is 18.4. The van der Waals surface area contributed by atoms with Crippen molar-refractivity contribution in [1.82, 2.24) is 9.78 Å². The van der Waals surface area contributed by atoms with Crippen LogP contribution in [-0.4, -0.2) is 47.7 Å². The molecule has 1 aliphatic heterocycles. The number of aliphatic hydroxyl groups is 1. The Kier molecular flexibility index (Phi) is 5.37. The number of aliphatic hydroxyl groups excluding tert-OH is 1. The van der Waals surface area contributed by atoms with Crippen LogP contribution in [0.25, 0.3) is 10.9 Å². The van der Waals surface area contributed by atoms with E-state index in [0.29, 0.717) is 12.2 Å². The highest BCUT2D eigenvalue weighted by molar-refractivity contribution is 6.05. The average molecular weight is 369 g/mol. The van der Waals surface area contributed by atoms with E-state index < -0.39 is 11.9 Å². The maximum atomic E-state index is 12.4. The molecule has 8 heteroatoms. The average Bonchev–Trinajstić information content (AvgIpc) is 2.95. The summed E-state index contributed by atoms with van der Waals surface area (Å²) < 4.78 is 11.4. The maximum absolute atomic E-state index is 12.4. The van der Waals surface area contributed by atoms with Crippen LogP contribution in [0.2, 0.25) is 0 Å². The summed E-state index contributed by atoms with van der Waals surface area (Å²) in [5.74, 6) is -1.31. The topological polar surface area (TPSA) is 93.9 Å². The quantitative estimate of drug-likeness (QED) is 0.799. The Morgan fingerprint density at radius 3 is 2.63 bits per heavy atom. The normalized spacial score (nSPS) is 13.8. The van der Waals surface area contributed by atoms with Crippen LogP contribution in [0.5, 0.6) is 0 Å². The van der Waals surface area contributed by atoms with Gasteiger partial charge in [-0.3, -0.25) is 4.68 Å². The van der Waals surface area contributed by atoms with Crippen molar-refractivity contribution in [2.75, 3.05) is 25.7 Å². The van der Waals surface area contributed by atoms with Crippen molar-refractivity contribution in [3.8, 4) is 0 Å². The molecule has 3 rings (SSSR count). The molecular formula is C19H19N3O5. The number of methoxy groups -OCH3 is 2. The van der Waals surface area contributed by atoms with Crippen LogP contribution >= 0.6 is 0 Å². The largest absolute Gasteiger partial charge is 0.465 e. The summed E-state index contributed by atoms with van der Waals surface area (Å²) in [6.45, 7) is 0.368. The van der Waals surface area contributed by atoms with Crippen molar-refractivity contribution in [2.24, 2.45) is 0 Å². The SMILES string of the molecule is COC(=O)C1=C(C(=O)OC)N(c2ccc3c(cnn3CCO)c2)C=CC=C1. The Hall–Kier alpha value is -3.39. The summed E-state index contributed by atoms with van der Waals surface area (Å²) in [6.07, 6.45) is 8.20. The monoisotopic (exact) mass is 369 g/mol. The van der Waals surface area contributed by atoms with Crippen molar-refractivity contribution in [3.05, 3.63) is 60.1 Å². The molecule has 0 fully saturated rings. The molecule has 2 heterocycles. The number of carbonyl (C=O) groups excluding carboxylic acids is 2. The highest BCUT2D eigenvalue weighted by Gasteiger charge is 2.27. The molecule has 8 nitrogen and oxygen atoms in total. The van der Waals surface area contributed by atoms with Crippen LogP contribution in [0.3, 0.4) is 0 Å². The molecule has 140 valence electrons. The van der Waals surface area contributed by atoms with E-state index in [0.717, 1.165) is 10.9 Å². The molecule has 0 saturated carbocycles. The van der Waals surface area contributed by atoms with Gasteiger partial charge < -0.3 is 19.5 Å². The first-order valence-corrected chi connectivity index (χ1v) is 8.22. The molecule has 0 atom stereocenters. The summed E-state index contributed by atoms with van der Waals surface area (Å²) in [6, 6.07) is 5.47. The minimum absolute atomic E-state index is 0.0171. The molecule has 1 aromatic heterocycles. The third-order valence-electron chi connectivity index (χ3n) is 4.10. The zero-order chi connectivity index (χ0) is 19.4. The first-order valence-electron chi connectivity index (χ1n) is 8.22. The molecule has 0 aliphatic carbocycles. The molecule has 2 aromatic rings. The van der Waals surface area contributed by atoms with Crippen molar-refractivity contribution in [2.45, 2.75) is 6.54 Å². The fourth-order valence-electron chi connectivity index (χ4n) is 2.86. The van der Waals surface area contributed by atoms with E-state index in [1.54, 1.807) is 40.2 Å². The molecule has 1 aromatic carbocycles. The lowest BCUT2D eigenvalue weighted by molar-refractivity contribution is -0.139. The third kappa shape index (κ3) is 3.47. The summed E-state index contributed by atoms with van der Waals surface area (Å²) in [5, 5.41) is 14.2. The number of rotatable bonds is 5. The zero-order valence-electron chi connectivity index (χ0n) is 15.0. The summed E-state index contributed by atoms with van der Waals surface area (Å²) >= 11 is 0. The highest BCUT2D eigenvalue weighted by atomic mass is 16.5. The first-order chi connectivity index (χ1) is 13.1. The second-order valence-electron chi connectivity index (χ2n) is 5.65. The number of hydrogen-bond acceptors (Lipinski definition) is 7. The van der Waals surface area contributed by atoms with Crippen LogP contribution in [0, 0.1) is 0 Å². The Bertz CT molecular complexity index is 971. The number of esters is 2. The van der Waals surface area contributed by atoms with Gasteiger partial charge in [-0.15, -0.1) is 0 Å². The zero-order valence-corrected chi connectivity index (χ0v) is 15.0. The molecule has 0 amide bonds. The maximum Gasteiger partial charge on any atom is 0.355 e. The third-order valence-corrected chi connectivity index (χ3v) is 4.10. The van der Waals surface area contributed by atoms with Gasteiger partial charge in [-0.05, 0) is 30.4 Å². The molecule has 27 heavy (non-hydrogen) atoms. The number of benzene rings is 1. The molecule has 0 unspecified atom stereocenters. The van der Waals surface area contributed by atoms with Crippen LogP contribution in [0.15, 0.2) is 60.1 Å². The summed E-state index contributed by atoms with van der Waals surface area (Å²) in [4.78, 5) is 26.2. The fraction of sp³-hybridized carbons (Fsp3) is 0.211. The van der Waals surface area contributed by atoms with Crippen molar-refractivity contribution < 1.29 is 24.2 Å². The number of allylic oxidation sites excluding steroid dienone is 2. The lowest BCUT2D eigenvalue weighted by Gasteiger charge is -2.23. The standard InChI is InChI=1S/C19H19N3O5/c1-26-18(24)15-5-3-4-8-21(17(15)19(25)27-2)14-6-7-16-13(11-14)12-20-22(16)9-10-23/h3-8,11-12,23H,9-10H2,1-2H3. The van der Waals surface area contributed by atoms with Gasteiger partial charge >= 0.3 is 11.9 Å². The van der Waals surface area contributed by atoms with Crippen LogP contribution in [0.4, 0.5) is 5.69 Å². The highest BCUT2D eigenvalue weighted by Crippen LogP contribution is 2.29. The number of aromatic nitrogens is 2. The van der Waals surface area contributed by atoms with Crippen molar-refractivity contribution in [1.29, 1.82) is 0 Å². The number of anilines is 1. The van der Waals surface area contributed by atoms with Crippen LogP contribution in [0.1, 0.15) is 0 Å². The van der Waals surface area contributed by atoms with Gasteiger partial charge in [0.2, 0.25) is 0 Å². The van der Waals surface area contributed by atoms with Gasteiger partial charge in [-0.25, -0.2) is 9.59 Å². The van der Waals surface area contributed by atoms with Gasteiger partial charge in [0, 0.05) is 17.3 Å². The van der Waals surface area contributed by atoms with E-state index in [1.807, 2.05) is 12.1 Å². The molecule has 0 spiro atoms. The van der Waals surface area contributed by atoms with Gasteiger partial charge in [0.15, 0.2) is 0 Å².